The molecule has 1 aliphatic rings. The van der Waals surface area contributed by atoms with E-state index in [1.54, 1.807) is 18.2 Å². The zero-order valence-electron chi connectivity index (χ0n) is 12.7. The Kier molecular flexibility index (Phi) is 4.18. The number of halogens is 1. The number of carbonyl (C=O) groups is 1. The largest absolute Gasteiger partial charge is 0.318 e. The zero-order valence-corrected chi connectivity index (χ0v) is 12.7. The summed E-state index contributed by atoms with van der Waals surface area (Å²) < 4.78 is 15.5. The molecular formula is C18H20FN2O+. The summed E-state index contributed by atoms with van der Waals surface area (Å²) in [6.45, 7) is 1.82. The van der Waals surface area contributed by atoms with Crippen LogP contribution in [0.1, 0.15) is 36.9 Å². The molecule has 1 aromatic carbocycles. The lowest BCUT2D eigenvalue weighted by atomic mass is 9.93. The molecule has 1 amide bonds. The van der Waals surface area contributed by atoms with Crippen LogP contribution < -0.4 is 9.88 Å². The molecule has 0 fully saturated rings. The molecule has 22 heavy (non-hydrogen) atoms. The van der Waals surface area contributed by atoms with Crippen molar-refractivity contribution in [3.8, 4) is 0 Å². The van der Waals surface area contributed by atoms with Crippen LogP contribution in [0.15, 0.2) is 42.7 Å². The number of hydrogen-bond donors (Lipinski definition) is 1. The molecule has 1 N–H and O–H groups in total. The Labute approximate surface area is 129 Å². The number of hydrogen-bond acceptors (Lipinski definition) is 1. The Balaban J connectivity index is 1.77. The lowest BCUT2D eigenvalue weighted by molar-refractivity contribution is -0.706. The molecule has 1 aliphatic carbocycles. The average molecular weight is 299 g/mol. The number of nitrogens with one attached hydrogen (secondary N) is 1. The van der Waals surface area contributed by atoms with Gasteiger partial charge in [-0.05, 0) is 43.4 Å². The minimum absolute atomic E-state index is 0.217. The van der Waals surface area contributed by atoms with Crippen LogP contribution in [-0.4, -0.2) is 5.91 Å². The van der Waals surface area contributed by atoms with Crippen molar-refractivity contribution in [3.05, 3.63) is 59.7 Å². The van der Waals surface area contributed by atoms with Gasteiger partial charge in [0.1, 0.15) is 5.82 Å². The minimum atomic E-state index is -0.418. The molecule has 1 aromatic heterocycles. The number of fused-ring (bicyclic) bond motifs is 1. The van der Waals surface area contributed by atoms with Crippen LogP contribution in [0, 0.1) is 5.82 Å². The van der Waals surface area contributed by atoms with E-state index in [4.69, 9.17) is 0 Å². The predicted octanol–water partition coefficient (Wildman–Crippen LogP) is 3.19. The van der Waals surface area contributed by atoms with Gasteiger partial charge in [0.25, 0.3) is 5.91 Å². The van der Waals surface area contributed by atoms with Crippen LogP contribution >= 0.6 is 0 Å². The molecule has 3 nitrogen and oxygen atoms in total. The SMILES string of the molecule is C[C@@H](C(=O)Nc1ccccc1F)[n+]1ccc2c(c1)CCCC2. The first-order valence-electron chi connectivity index (χ1n) is 7.73. The van der Waals surface area contributed by atoms with E-state index in [9.17, 15) is 9.18 Å². The second kappa shape index (κ2) is 6.26. The smallest absolute Gasteiger partial charge is 0.293 e. The molecule has 3 rings (SSSR count). The summed E-state index contributed by atoms with van der Waals surface area (Å²) in [4.78, 5) is 12.3. The van der Waals surface area contributed by atoms with Gasteiger partial charge in [0.2, 0.25) is 6.04 Å². The minimum Gasteiger partial charge on any atom is -0.318 e. The second-order valence-corrected chi connectivity index (χ2v) is 5.79. The maximum absolute atomic E-state index is 13.6. The highest BCUT2D eigenvalue weighted by atomic mass is 19.1. The van der Waals surface area contributed by atoms with Crippen molar-refractivity contribution in [3.63, 3.8) is 0 Å². The van der Waals surface area contributed by atoms with Crippen LogP contribution in [-0.2, 0) is 17.6 Å². The molecule has 0 radical (unpaired) electrons. The van der Waals surface area contributed by atoms with E-state index in [0.717, 1.165) is 12.8 Å². The van der Waals surface area contributed by atoms with Gasteiger partial charge in [-0.15, -0.1) is 0 Å². The van der Waals surface area contributed by atoms with E-state index in [-0.39, 0.29) is 17.6 Å². The van der Waals surface area contributed by atoms with Crippen molar-refractivity contribution in [2.45, 2.75) is 38.6 Å². The van der Waals surface area contributed by atoms with Crippen molar-refractivity contribution >= 4 is 11.6 Å². The fraction of sp³-hybridized carbons (Fsp3) is 0.333. The maximum Gasteiger partial charge on any atom is 0.293 e. The molecule has 4 heteroatoms. The van der Waals surface area contributed by atoms with Crippen LogP contribution in [0.3, 0.4) is 0 Å². The quantitative estimate of drug-likeness (QED) is 0.868. The number of nitrogens with zero attached hydrogens (tertiary/aromatic N) is 1. The van der Waals surface area contributed by atoms with Gasteiger partial charge in [0, 0.05) is 18.6 Å². The first kappa shape index (κ1) is 14.7. The summed E-state index contributed by atoms with van der Waals surface area (Å²) in [7, 11) is 0. The van der Waals surface area contributed by atoms with Crippen LogP contribution in [0.5, 0.6) is 0 Å². The molecule has 1 heterocycles. The van der Waals surface area contributed by atoms with Gasteiger partial charge in [-0.25, -0.2) is 4.39 Å². The van der Waals surface area contributed by atoms with E-state index >= 15 is 0 Å². The molecule has 0 saturated carbocycles. The number of rotatable bonds is 3. The summed E-state index contributed by atoms with van der Waals surface area (Å²) in [6.07, 6.45) is 8.62. The van der Waals surface area contributed by atoms with Crippen molar-refractivity contribution in [1.82, 2.24) is 0 Å². The lowest BCUT2D eigenvalue weighted by Crippen LogP contribution is -2.44. The highest BCUT2D eigenvalue weighted by Crippen LogP contribution is 2.19. The average Bonchev–Trinajstić information content (AvgIpc) is 2.55. The number of aromatic nitrogens is 1. The van der Waals surface area contributed by atoms with Crippen LogP contribution in [0.25, 0.3) is 0 Å². The Morgan fingerprint density at radius 3 is 2.68 bits per heavy atom. The van der Waals surface area contributed by atoms with Gasteiger partial charge in [-0.2, -0.15) is 4.57 Å². The van der Waals surface area contributed by atoms with Gasteiger partial charge in [0.05, 0.1) is 5.69 Å². The van der Waals surface area contributed by atoms with Crippen molar-refractivity contribution < 1.29 is 13.8 Å². The molecular weight excluding hydrogens is 279 g/mol. The number of pyridine rings is 1. The monoisotopic (exact) mass is 299 g/mol. The molecule has 2 aromatic rings. The topological polar surface area (TPSA) is 33.0 Å². The third-order valence-electron chi connectivity index (χ3n) is 4.27. The van der Waals surface area contributed by atoms with Gasteiger partial charge in [0.15, 0.2) is 12.4 Å². The van der Waals surface area contributed by atoms with Gasteiger partial charge >= 0.3 is 0 Å². The lowest BCUT2D eigenvalue weighted by Gasteiger charge is -2.15. The van der Waals surface area contributed by atoms with Gasteiger partial charge in [-0.1, -0.05) is 12.1 Å². The van der Waals surface area contributed by atoms with Crippen molar-refractivity contribution in [2.24, 2.45) is 0 Å². The second-order valence-electron chi connectivity index (χ2n) is 5.79. The normalized spacial score (nSPS) is 15.0. The number of carbonyl (C=O) groups excluding carboxylic acids is 1. The molecule has 114 valence electrons. The summed E-state index contributed by atoms with van der Waals surface area (Å²) in [5, 5.41) is 2.65. The standard InChI is InChI=1S/C18H19FN2O/c1-13(18(22)20-17-9-5-4-8-16(17)19)21-11-10-14-6-2-3-7-15(14)12-21/h4-5,8-13H,2-3,6-7H2,1H3/p+1/t13-/m0/s1. The third-order valence-corrected chi connectivity index (χ3v) is 4.27. The van der Waals surface area contributed by atoms with Crippen molar-refractivity contribution in [1.29, 1.82) is 0 Å². The van der Waals surface area contributed by atoms with Crippen molar-refractivity contribution in [2.75, 3.05) is 5.32 Å². The third kappa shape index (κ3) is 3.01. The molecule has 0 bridgehead atoms. The number of para-hydroxylation sites is 1. The highest BCUT2D eigenvalue weighted by molar-refractivity contribution is 5.92. The number of amides is 1. The number of aryl methyl sites for hydroxylation is 2. The number of anilines is 1. The van der Waals surface area contributed by atoms with Gasteiger partial charge < -0.3 is 5.32 Å². The first-order chi connectivity index (χ1) is 10.6. The molecule has 0 saturated heterocycles. The highest BCUT2D eigenvalue weighted by Gasteiger charge is 2.24. The Hall–Kier alpha value is -2.23. The molecule has 1 atom stereocenters. The van der Waals surface area contributed by atoms with E-state index in [0.29, 0.717) is 0 Å². The number of benzene rings is 1. The maximum atomic E-state index is 13.6. The van der Waals surface area contributed by atoms with E-state index in [1.807, 2.05) is 17.7 Å². The summed E-state index contributed by atoms with van der Waals surface area (Å²) in [5.74, 6) is -0.635. The Bertz CT molecular complexity index is 699. The Morgan fingerprint density at radius 2 is 1.91 bits per heavy atom. The zero-order chi connectivity index (χ0) is 15.5. The van der Waals surface area contributed by atoms with Crippen LogP contribution in [0.2, 0.25) is 0 Å². The fourth-order valence-corrected chi connectivity index (χ4v) is 2.86. The Morgan fingerprint density at radius 1 is 1.18 bits per heavy atom. The summed E-state index contributed by atoms with van der Waals surface area (Å²) >= 11 is 0. The fourth-order valence-electron chi connectivity index (χ4n) is 2.86. The molecule has 0 unspecified atom stereocenters. The first-order valence-corrected chi connectivity index (χ1v) is 7.73. The summed E-state index contributed by atoms with van der Waals surface area (Å²) in [5.41, 5.74) is 2.92. The van der Waals surface area contributed by atoms with E-state index < -0.39 is 5.82 Å². The predicted molar refractivity (Wildman–Crippen MR) is 83.0 cm³/mol. The van der Waals surface area contributed by atoms with Gasteiger partial charge in [-0.3, -0.25) is 4.79 Å². The van der Waals surface area contributed by atoms with E-state index in [2.05, 4.69) is 17.6 Å². The summed E-state index contributed by atoms with van der Waals surface area (Å²) in [6, 6.07) is 7.93. The van der Waals surface area contributed by atoms with Crippen LogP contribution in [0.4, 0.5) is 10.1 Å². The van der Waals surface area contributed by atoms with E-state index in [1.165, 1.54) is 30.0 Å². The molecule has 0 aliphatic heterocycles. The molecule has 0 spiro atoms.